The Labute approximate surface area is 179 Å². The van der Waals surface area contributed by atoms with Gasteiger partial charge in [0.15, 0.2) is 5.96 Å². The second-order valence-corrected chi connectivity index (χ2v) is 5.92. The summed E-state index contributed by atoms with van der Waals surface area (Å²) in [6, 6.07) is 16.2. The van der Waals surface area contributed by atoms with E-state index in [0.717, 1.165) is 49.0 Å². The highest BCUT2D eigenvalue weighted by molar-refractivity contribution is 14.0. The number of halogens is 1. The van der Waals surface area contributed by atoms with Gasteiger partial charge in [-0.3, -0.25) is 0 Å². The molecule has 2 aromatic carbocycles. The number of hydrogen-bond donors (Lipinski definition) is 2. The Morgan fingerprint density at radius 3 is 1.93 bits per heavy atom. The van der Waals surface area contributed by atoms with Crippen LogP contribution in [0, 0.1) is 0 Å². The molecule has 5 nitrogen and oxygen atoms in total. The maximum absolute atomic E-state index is 5.19. The number of rotatable bonds is 9. The number of nitrogens with one attached hydrogen (secondary N) is 2. The lowest BCUT2D eigenvalue weighted by atomic mass is 10.1. The quantitative estimate of drug-likeness (QED) is 0.245. The fraction of sp³-hybridized carbons (Fsp3) is 0.381. The first kappa shape index (κ1) is 23.1. The normalized spacial score (nSPS) is 10.7. The van der Waals surface area contributed by atoms with Crippen LogP contribution in [0.5, 0.6) is 11.5 Å². The molecule has 0 saturated carbocycles. The highest BCUT2D eigenvalue weighted by Crippen LogP contribution is 2.13. The number of aliphatic imine (C=N–C) groups is 1. The van der Waals surface area contributed by atoms with E-state index in [1.54, 1.807) is 14.2 Å². The van der Waals surface area contributed by atoms with Gasteiger partial charge in [-0.1, -0.05) is 24.3 Å². The fourth-order valence-electron chi connectivity index (χ4n) is 2.53. The summed E-state index contributed by atoms with van der Waals surface area (Å²) >= 11 is 0. The standard InChI is InChI=1S/C21H29N3O2.HI/c1-4-22-21(24-16-18-9-13-20(26-3)14-10-18)23-15-5-6-17-7-11-19(25-2)12-8-17;/h7-14H,4-6,15-16H2,1-3H3,(H2,22,23,24);1H. The first-order valence-corrected chi connectivity index (χ1v) is 9.03. The van der Waals surface area contributed by atoms with Crippen LogP contribution < -0.4 is 20.1 Å². The van der Waals surface area contributed by atoms with Gasteiger partial charge in [-0.15, -0.1) is 24.0 Å². The van der Waals surface area contributed by atoms with Crippen LogP contribution in [0.1, 0.15) is 24.5 Å². The van der Waals surface area contributed by atoms with Gasteiger partial charge in [0.2, 0.25) is 0 Å². The summed E-state index contributed by atoms with van der Waals surface area (Å²) in [6.07, 6.45) is 2.06. The molecule has 0 aromatic heterocycles. The van der Waals surface area contributed by atoms with Gasteiger partial charge in [-0.05, 0) is 55.2 Å². The zero-order chi connectivity index (χ0) is 18.6. The Balaban J connectivity index is 0.00000364. The predicted octanol–water partition coefficient (Wildman–Crippen LogP) is 4.01. The van der Waals surface area contributed by atoms with Gasteiger partial charge < -0.3 is 20.1 Å². The minimum Gasteiger partial charge on any atom is -0.497 e. The van der Waals surface area contributed by atoms with Crippen molar-refractivity contribution in [2.75, 3.05) is 27.3 Å². The van der Waals surface area contributed by atoms with Crippen LogP contribution in [0.4, 0.5) is 0 Å². The van der Waals surface area contributed by atoms with Crippen molar-refractivity contribution in [3.63, 3.8) is 0 Å². The summed E-state index contributed by atoms with van der Waals surface area (Å²) in [5, 5.41) is 6.68. The molecular weight excluding hydrogens is 453 g/mol. The lowest BCUT2D eigenvalue weighted by Gasteiger charge is -2.11. The van der Waals surface area contributed by atoms with E-state index in [0.29, 0.717) is 6.54 Å². The maximum atomic E-state index is 5.19. The molecule has 0 fully saturated rings. The third kappa shape index (κ3) is 8.51. The van der Waals surface area contributed by atoms with E-state index in [9.17, 15) is 0 Å². The van der Waals surface area contributed by atoms with Crippen LogP contribution in [0.2, 0.25) is 0 Å². The molecule has 0 saturated heterocycles. The monoisotopic (exact) mass is 483 g/mol. The average Bonchev–Trinajstić information content (AvgIpc) is 2.70. The summed E-state index contributed by atoms with van der Waals surface area (Å²) in [4.78, 5) is 4.64. The van der Waals surface area contributed by atoms with Crippen LogP contribution in [-0.4, -0.2) is 33.3 Å². The fourth-order valence-corrected chi connectivity index (χ4v) is 2.53. The van der Waals surface area contributed by atoms with Crippen molar-refractivity contribution < 1.29 is 9.47 Å². The summed E-state index contributed by atoms with van der Waals surface area (Å²) in [7, 11) is 3.36. The second kappa shape index (κ2) is 13.2. The molecule has 0 atom stereocenters. The summed E-state index contributed by atoms with van der Waals surface area (Å²) < 4.78 is 10.4. The number of benzene rings is 2. The van der Waals surface area contributed by atoms with Crippen molar-refractivity contribution in [1.29, 1.82) is 0 Å². The van der Waals surface area contributed by atoms with Crippen molar-refractivity contribution >= 4 is 29.9 Å². The van der Waals surface area contributed by atoms with Gasteiger partial charge in [0.1, 0.15) is 11.5 Å². The molecule has 0 spiro atoms. The van der Waals surface area contributed by atoms with Crippen LogP contribution in [0.15, 0.2) is 53.5 Å². The number of guanidine groups is 1. The Kier molecular flexibility index (Phi) is 11.3. The van der Waals surface area contributed by atoms with Crippen molar-refractivity contribution in [1.82, 2.24) is 10.6 Å². The molecule has 0 aliphatic carbocycles. The molecule has 0 heterocycles. The SMILES string of the molecule is CCNC(=NCc1ccc(OC)cc1)NCCCc1ccc(OC)cc1.I. The van der Waals surface area contributed by atoms with Crippen LogP contribution in [-0.2, 0) is 13.0 Å². The molecule has 2 rings (SSSR count). The predicted molar refractivity (Wildman–Crippen MR) is 123 cm³/mol. The van der Waals surface area contributed by atoms with Crippen LogP contribution in [0.3, 0.4) is 0 Å². The van der Waals surface area contributed by atoms with Gasteiger partial charge in [0, 0.05) is 13.1 Å². The highest BCUT2D eigenvalue weighted by atomic mass is 127. The van der Waals surface area contributed by atoms with Gasteiger partial charge in [0.05, 0.1) is 20.8 Å². The molecule has 0 aliphatic heterocycles. The largest absolute Gasteiger partial charge is 0.497 e. The lowest BCUT2D eigenvalue weighted by molar-refractivity contribution is 0.414. The number of hydrogen-bond acceptors (Lipinski definition) is 3. The zero-order valence-corrected chi connectivity index (χ0v) is 18.7. The van der Waals surface area contributed by atoms with Gasteiger partial charge >= 0.3 is 0 Å². The van der Waals surface area contributed by atoms with E-state index in [1.165, 1.54) is 5.56 Å². The molecule has 2 aromatic rings. The van der Waals surface area contributed by atoms with Crippen LogP contribution >= 0.6 is 24.0 Å². The molecular formula is C21H30IN3O2. The lowest BCUT2D eigenvalue weighted by Crippen LogP contribution is -2.37. The Hall–Kier alpha value is -1.96. The number of nitrogens with zero attached hydrogens (tertiary/aromatic N) is 1. The van der Waals surface area contributed by atoms with E-state index >= 15 is 0 Å². The summed E-state index contributed by atoms with van der Waals surface area (Å²) in [5.74, 6) is 2.60. The van der Waals surface area contributed by atoms with Crippen molar-refractivity contribution in [3.05, 3.63) is 59.7 Å². The summed E-state index contributed by atoms with van der Waals surface area (Å²) in [5.41, 5.74) is 2.47. The minimum atomic E-state index is 0. The molecule has 0 aliphatic rings. The van der Waals surface area contributed by atoms with Crippen LogP contribution in [0.25, 0.3) is 0 Å². The molecule has 148 valence electrons. The molecule has 27 heavy (non-hydrogen) atoms. The Morgan fingerprint density at radius 1 is 0.852 bits per heavy atom. The molecule has 2 N–H and O–H groups in total. The van der Waals surface area contributed by atoms with Crippen molar-refractivity contribution in [3.8, 4) is 11.5 Å². The Morgan fingerprint density at radius 2 is 1.41 bits per heavy atom. The maximum Gasteiger partial charge on any atom is 0.191 e. The van der Waals surface area contributed by atoms with Gasteiger partial charge in [0.25, 0.3) is 0 Å². The third-order valence-electron chi connectivity index (χ3n) is 4.02. The van der Waals surface area contributed by atoms with E-state index in [2.05, 4.69) is 34.7 Å². The minimum absolute atomic E-state index is 0. The van der Waals surface area contributed by atoms with Crippen molar-refractivity contribution in [2.45, 2.75) is 26.3 Å². The number of aryl methyl sites for hydroxylation is 1. The molecule has 6 heteroatoms. The zero-order valence-electron chi connectivity index (χ0n) is 16.3. The molecule has 0 unspecified atom stereocenters. The van der Waals surface area contributed by atoms with E-state index in [-0.39, 0.29) is 24.0 Å². The van der Waals surface area contributed by atoms with E-state index < -0.39 is 0 Å². The Bertz CT molecular complexity index is 673. The summed E-state index contributed by atoms with van der Waals surface area (Å²) in [6.45, 7) is 4.42. The van der Waals surface area contributed by atoms with Gasteiger partial charge in [-0.2, -0.15) is 0 Å². The second-order valence-electron chi connectivity index (χ2n) is 5.92. The van der Waals surface area contributed by atoms with Crippen molar-refractivity contribution in [2.24, 2.45) is 4.99 Å². The smallest absolute Gasteiger partial charge is 0.191 e. The topological polar surface area (TPSA) is 54.9 Å². The van der Waals surface area contributed by atoms with E-state index in [1.807, 2.05) is 36.4 Å². The molecule has 0 bridgehead atoms. The number of ether oxygens (including phenoxy) is 2. The van der Waals surface area contributed by atoms with E-state index in [4.69, 9.17) is 9.47 Å². The first-order valence-electron chi connectivity index (χ1n) is 9.03. The van der Waals surface area contributed by atoms with Gasteiger partial charge in [-0.25, -0.2) is 4.99 Å². The molecule has 0 amide bonds. The third-order valence-corrected chi connectivity index (χ3v) is 4.02. The highest BCUT2D eigenvalue weighted by Gasteiger charge is 1.99. The molecule has 0 radical (unpaired) electrons. The average molecular weight is 483 g/mol. The first-order chi connectivity index (χ1) is 12.7. The number of methoxy groups -OCH3 is 2.